The topological polar surface area (TPSA) is 65.7 Å². The van der Waals surface area contributed by atoms with E-state index >= 15 is 0 Å². The minimum atomic E-state index is -0.325. The van der Waals surface area contributed by atoms with Gasteiger partial charge in [0.2, 0.25) is 0 Å². The third-order valence-corrected chi connectivity index (χ3v) is 6.23. The van der Waals surface area contributed by atoms with Crippen LogP contribution in [0.3, 0.4) is 0 Å². The Hall–Kier alpha value is -3.41. The Labute approximate surface area is 193 Å². The van der Waals surface area contributed by atoms with E-state index in [1.165, 1.54) is 5.56 Å². The summed E-state index contributed by atoms with van der Waals surface area (Å²) in [5, 5.41) is 0. The zero-order chi connectivity index (χ0) is 23.4. The second-order valence-electron chi connectivity index (χ2n) is 10.1. The molecule has 0 unspecified atom stereocenters. The van der Waals surface area contributed by atoms with Crippen LogP contribution in [-0.4, -0.2) is 33.5 Å². The zero-order valence-corrected chi connectivity index (χ0v) is 19.8. The third kappa shape index (κ3) is 3.94. The van der Waals surface area contributed by atoms with Crippen LogP contribution >= 0.6 is 0 Å². The number of pyridine rings is 2. The SMILES string of the molecule is COc1cc2c(c3c1OC(C)(C)C3)C(c1ccn(Cc3ccccn3)c(=O)c1)=NC(C)(C)C2. The van der Waals surface area contributed by atoms with Crippen LogP contribution in [0, 0.1) is 0 Å². The minimum Gasteiger partial charge on any atom is -0.493 e. The van der Waals surface area contributed by atoms with Crippen LogP contribution in [0.1, 0.15) is 55.6 Å². The highest BCUT2D eigenvalue weighted by molar-refractivity contribution is 6.16. The molecule has 2 aliphatic heterocycles. The zero-order valence-electron chi connectivity index (χ0n) is 19.8. The van der Waals surface area contributed by atoms with Crippen LogP contribution in [0.5, 0.6) is 11.5 Å². The molecule has 0 radical (unpaired) electrons. The van der Waals surface area contributed by atoms with Crippen molar-refractivity contribution in [2.24, 2.45) is 4.99 Å². The quantitative estimate of drug-likeness (QED) is 0.607. The number of fused-ring (bicyclic) bond motifs is 3. The van der Waals surface area contributed by atoms with Crippen LogP contribution in [-0.2, 0) is 19.4 Å². The van der Waals surface area contributed by atoms with Gasteiger partial charge in [0.15, 0.2) is 11.5 Å². The molecule has 3 aromatic rings. The second kappa shape index (κ2) is 7.58. The largest absolute Gasteiger partial charge is 0.493 e. The molecular formula is C27H29N3O3. The summed E-state index contributed by atoms with van der Waals surface area (Å²) in [5.74, 6) is 1.55. The number of benzene rings is 1. The maximum atomic E-state index is 13.0. The van der Waals surface area contributed by atoms with Gasteiger partial charge < -0.3 is 14.0 Å². The van der Waals surface area contributed by atoms with E-state index in [0.29, 0.717) is 6.54 Å². The number of rotatable bonds is 4. The van der Waals surface area contributed by atoms with E-state index in [-0.39, 0.29) is 16.7 Å². The first-order valence-corrected chi connectivity index (χ1v) is 11.3. The van der Waals surface area contributed by atoms with E-state index < -0.39 is 0 Å². The number of nitrogens with zero attached hydrogens (tertiary/aromatic N) is 3. The molecular weight excluding hydrogens is 414 g/mol. The van der Waals surface area contributed by atoms with Gasteiger partial charge in [0.1, 0.15) is 5.60 Å². The van der Waals surface area contributed by atoms with E-state index in [2.05, 4.69) is 38.7 Å². The lowest BCUT2D eigenvalue weighted by atomic mass is 9.81. The smallest absolute Gasteiger partial charge is 0.251 e. The molecule has 2 aromatic heterocycles. The molecule has 6 nitrogen and oxygen atoms in total. The predicted molar refractivity (Wildman–Crippen MR) is 129 cm³/mol. The first-order chi connectivity index (χ1) is 15.7. The highest BCUT2D eigenvalue weighted by atomic mass is 16.5. The molecule has 33 heavy (non-hydrogen) atoms. The molecule has 0 fully saturated rings. The van der Waals surface area contributed by atoms with Crippen molar-refractivity contribution in [1.29, 1.82) is 0 Å². The monoisotopic (exact) mass is 443 g/mol. The number of aliphatic imine (C=N–C) groups is 1. The van der Waals surface area contributed by atoms with E-state index in [4.69, 9.17) is 14.5 Å². The third-order valence-electron chi connectivity index (χ3n) is 6.23. The van der Waals surface area contributed by atoms with Gasteiger partial charge in [-0.2, -0.15) is 0 Å². The summed E-state index contributed by atoms with van der Waals surface area (Å²) in [5.41, 5.74) is 5.20. The Kier molecular flexibility index (Phi) is 4.92. The van der Waals surface area contributed by atoms with Crippen molar-refractivity contribution in [1.82, 2.24) is 9.55 Å². The molecule has 6 heteroatoms. The fraction of sp³-hybridized carbons (Fsp3) is 0.370. The number of hydrogen-bond donors (Lipinski definition) is 0. The summed E-state index contributed by atoms with van der Waals surface area (Å²) in [4.78, 5) is 22.5. The van der Waals surface area contributed by atoms with E-state index in [0.717, 1.165) is 52.4 Å². The highest BCUT2D eigenvalue weighted by Gasteiger charge is 2.39. The highest BCUT2D eigenvalue weighted by Crippen LogP contribution is 2.47. The summed E-state index contributed by atoms with van der Waals surface area (Å²) in [6, 6.07) is 11.5. The molecule has 0 saturated carbocycles. The Bertz CT molecular complexity index is 1320. The minimum absolute atomic E-state index is 0.0764. The number of hydrogen-bond acceptors (Lipinski definition) is 5. The number of methoxy groups -OCH3 is 1. The summed E-state index contributed by atoms with van der Waals surface area (Å²) >= 11 is 0. The standard InChI is InChI=1S/C27H29N3O3/c1-26(2)14-18-12-21(32-5)25-20(15-27(3,4)33-25)23(18)24(29-26)17-9-11-30(22(31)13-17)16-19-8-6-7-10-28-19/h6-13H,14-16H2,1-5H3. The predicted octanol–water partition coefficient (Wildman–Crippen LogP) is 4.19. The Morgan fingerprint density at radius 1 is 1.12 bits per heavy atom. The van der Waals surface area contributed by atoms with Crippen molar-refractivity contribution >= 4 is 5.71 Å². The van der Waals surface area contributed by atoms with Gasteiger partial charge in [-0.25, -0.2) is 0 Å². The molecule has 0 amide bonds. The molecule has 0 atom stereocenters. The summed E-state index contributed by atoms with van der Waals surface area (Å²) < 4.78 is 13.6. The second-order valence-corrected chi connectivity index (χ2v) is 10.1. The molecule has 5 rings (SSSR count). The lowest BCUT2D eigenvalue weighted by Crippen LogP contribution is -2.31. The van der Waals surface area contributed by atoms with E-state index in [1.807, 2.05) is 30.5 Å². The maximum absolute atomic E-state index is 13.0. The number of aromatic nitrogens is 2. The van der Waals surface area contributed by atoms with Gasteiger partial charge in [0.05, 0.1) is 30.6 Å². The lowest BCUT2D eigenvalue weighted by Gasteiger charge is -2.31. The molecule has 170 valence electrons. The fourth-order valence-electron chi connectivity index (χ4n) is 4.88. The van der Waals surface area contributed by atoms with Crippen molar-refractivity contribution in [3.63, 3.8) is 0 Å². The van der Waals surface area contributed by atoms with Crippen LogP contribution in [0.25, 0.3) is 0 Å². The van der Waals surface area contributed by atoms with Crippen molar-refractivity contribution in [3.8, 4) is 11.5 Å². The van der Waals surface area contributed by atoms with Crippen LogP contribution in [0.15, 0.2) is 58.6 Å². The molecule has 0 aliphatic carbocycles. The van der Waals surface area contributed by atoms with Crippen molar-refractivity contribution < 1.29 is 9.47 Å². The van der Waals surface area contributed by atoms with Crippen LogP contribution < -0.4 is 15.0 Å². The van der Waals surface area contributed by atoms with Crippen LogP contribution in [0.4, 0.5) is 0 Å². The van der Waals surface area contributed by atoms with Crippen LogP contribution in [0.2, 0.25) is 0 Å². The van der Waals surface area contributed by atoms with E-state index in [1.54, 1.807) is 23.9 Å². The Balaban J connectivity index is 1.63. The average molecular weight is 444 g/mol. The van der Waals surface area contributed by atoms with Gasteiger partial charge in [-0.05, 0) is 63.9 Å². The van der Waals surface area contributed by atoms with Gasteiger partial charge in [-0.1, -0.05) is 6.07 Å². The van der Waals surface area contributed by atoms with Gasteiger partial charge in [0.25, 0.3) is 5.56 Å². The molecule has 1 aromatic carbocycles. The van der Waals surface area contributed by atoms with Gasteiger partial charge >= 0.3 is 0 Å². The van der Waals surface area contributed by atoms with Gasteiger partial charge in [-0.15, -0.1) is 0 Å². The molecule has 4 heterocycles. The number of ether oxygens (including phenoxy) is 2. The molecule has 0 N–H and O–H groups in total. The van der Waals surface area contributed by atoms with Crippen molar-refractivity contribution in [3.05, 3.63) is 87.1 Å². The first kappa shape index (κ1) is 21.4. The average Bonchev–Trinajstić information content (AvgIpc) is 3.08. The van der Waals surface area contributed by atoms with Crippen molar-refractivity contribution in [2.45, 2.75) is 58.2 Å². The first-order valence-electron chi connectivity index (χ1n) is 11.3. The summed E-state index contributed by atoms with van der Waals surface area (Å²) in [6.07, 6.45) is 5.13. The Morgan fingerprint density at radius 3 is 2.64 bits per heavy atom. The fourth-order valence-corrected chi connectivity index (χ4v) is 4.88. The molecule has 2 aliphatic rings. The van der Waals surface area contributed by atoms with Gasteiger partial charge in [0, 0.05) is 41.6 Å². The molecule has 0 saturated heterocycles. The molecule has 0 spiro atoms. The summed E-state index contributed by atoms with van der Waals surface area (Å²) in [6.45, 7) is 8.85. The molecule has 0 bridgehead atoms. The van der Waals surface area contributed by atoms with Crippen molar-refractivity contribution in [2.75, 3.05) is 7.11 Å². The maximum Gasteiger partial charge on any atom is 0.251 e. The normalized spacial score (nSPS) is 17.5. The lowest BCUT2D eigenvalue weighted by molar-refractivity contribution is 0.134. The van der Waals surface area contributed by atoms with Gasteiger partial charge in [-0.3, -0.25) is 14.8 Å². The summed E-state index contributed by atoms with van der Waals surface area (Å²) in [7, 11) is 1.68. The van der Waals surface area contributed by atoms with E-state index in [9.17, 15) is 4.79 Å². The Morgan fingerprint density at radius 2 is 1.94 bits per heavy atom.